The van der Waals surface area contributed by atoms with Gasteiger partial charge in [-0.1, -0.05) is 25.4 Å². The van der Waals surface area contributed by atoms with Gasteiger partial charge in [-0.2, -0.15) is 0 Å². The van der Waals surface area contributed by atoms with Crippen LogP contribution < -0.4 is 10.6 Å². The van der Waals surface area contributed by atoms with Crippen molar-refractivity contribution in [3.63, 3.8) is 0 Å². The Balaban J connectivity index is 2.53. The van der Waals surface area contributed by atoms with Crippen molar-refractivity contribution >= 4 is 23.3 Å². The molecule has 1 atom stereocenters. The molecule has 5 nitrogen and oxygen atoms in total. The van der Waals surface area contributed by atoms with E-state index in [1.807, 2.05) is 27.7 Å². The third-order valence-electron chi connectivity index (χ3n) is 3.11. The van der Waals surface area contributed by atoms with E-state index in [0.29, 0.717) is 29.8 Å². The van der Waals surface area contributed by atoms with Crippen LogP contribution in [0.25, 0.3) is 0 Å². The molecule has 1 heterocycles. The van der Waals surface area contributed by atoms with Gasteiger partial charge >= 0.3 is 0 Å². The predicted molar refractivity (Wildman–Crippen MR) is 82.2 cm³/mol. The zero-order valence-electron chi connectivity index (χ0n) is 12.6. The lowest BCUT2D eigenvalue weighted by atomic mass is 10.2. The lowest BCUT2D eigenvalue weighted by Gasteiger charge is -2.13. The first-order valence-corrected chi connectivity index (χ1v) is 7.41. The number of amides is 1. The summed E-state index contributed by atoms with van der Waals surface area (Å²) in [7, 11) is 0. The van der Waals surface area contributed by atoms with Gasteiger partial charge in [0.05, 0.1) is 0 Å². The molecular formula is C14H23ClN4O. The molecule has 0 radical (unpaired) electrons. The summed E-state index contributed by atoms with van der Waals surface area (Å²) in [5.74, 6) is 1.45. The van der Waals surface area contributed by atoms with Crippen LogP contribution in [0.3, 0.4) is 0 Å². The minimum Gasteiger partial charge on any atom is -0.369 e. The van der Waals surface area contributed by atoms with Crippen molar-refractivity contribution < 1.29 is 4.79 Å². The van der Waals surface area contributed by atoms with E-state index in [1.165, 1.54) is 0 Å². The van der Waals surface area contributed by atoms with E-state index < -0.39 is 0 Å². The van der Waals surface area contributed by atoms with E-state index in [-0.39, 0.29) is 11.9 Å². The third-order valence-corrected chi connectivity index (χ3v) is 3.48. The highest BCUT2D eigenvalue weighted by Gasteiger charge is 2.09. The van der Waals surface area contributed by atoms with E-state index in [9.17, 15) is 4.79 Å². The number of anilines is 1. The lowest BCUT2D eigenvalue weighted by Crippen LogP contribution is -2.33. The van der Waals surface area contributed by atoms with E-state index in [0.717, 1.165) is 18.4 Å². The molecule has 0 fully saturated rings. The van der Waals surface area contributed by atoms with Crippen LogP contribution in [0.5, 0.6) is 0 Å². The summed E-state index contributed by atoms with van der Waals surface area (Å²) in [6.45, 7) is 8.40. The van der Waals surface area contributed by atoms with Crippen molar-refractivity contribution in [3.8, 4) is 0 Å². The molecular weight excluding hydrogens is 276 g/mol. The number of nitrogens with zero attached hydrogens (tertiary/aromatic N) is 2. The van der Waals surface area contributed by atoms with E-state index in [2.05, 4.69) is 20.6 Å². The van der Waals surface area contributed by atoms with Gasteiger partial charge in [-0.25, -0.2) is 9.97 Å². The molecule has 20 heavy (non-hydrogen) atoms. The summed E-state index contributed by atoms with van der Waals surface area (Å²) in [5.41, 5.74) is 0.811. The fourth-order valence-corrected chi connectivity index (χ4v) is 1.79. The standard InChI is InChI=1S/C14H23ClN4O/c1-5-9(3)17-12(20)7-8-16-14-10(4)13(15)18-11(6-2)19-14/h9H,5-8H2,1-4H3,(H,17,20)(H,16,18,19). The molecule has 0 saturated heterocycles. The Morgan fingerprint density at radius 2 is 2.05 bits per heavy atom. The van der Waals surface area contributed by atoms with Crippen LogP contribution in [0.2, 0.25) is 5.15 Å². The first-order chi connectivity index (χ1) is 9.47. The number of hydrogen-bond donors (Lipinski definition) is 2. The lowest BCUT2D eigenvalue weighted by molar-refractivity contribution is -0.121. The second-order valence-electron chi connectivity index (χ2n) is 4.81. The molecule has 0 aliphatic rings. The van der Waals surface area contributed by atoms with Crippen LogP contribution in [0.1, 0.15) is 45.0 Å². The van der Waals surface area contributed by atoms with Gasteiger partial charge in [-0.15, -0.1) is 0 Å². The monoisotopic (exact) mass is 298 g/mol. The van der Waals surface area contributed by atoms with Gasteiger partial charge in [0.25, 0.3) is 0 Å². The quantitative estimate of drug-likeness (QED) is 0.760. The number of rotatable bonds is 7. The predicted octanol–water partition coefficient (Wildman–Crippen LogP) is 2.72. The Hall–Kier alpha value is -1.36. The smallest absolute Gasteiger partial charge is 0.221 e. The summed E-state index contributed by atoms with van der Waals surface area (Å²) in [4.78, 5) is 20.2. The fourth-order valence-electron chi connectivity index (χ4n) is 1.61. The summed E-state index contributed by atoms with van der Waals surface area (Å²) in [6, 6.07) is 0.212. The summed E-state index contributed by atoms with van der Waals surface area (Å²) >= 11 is 6.06. The molecule has 0 aliphatic heterocycles. The Morgan fingerprint density at radius 3 is 2.65 bits per heavy atom. The van der Waals surface area contributed by atoms with Crippen LogP contribution in [-0.4, -0.2) is 28.5 Å². The minimum atomic E-state index is 0.0420. The van der Waals surface area contributed by atoms with Crippen molar-refractivity contribution in [3.05, 3.63) is 16.5 Å². The molecule has 0 spiro atoms. The van der Waals surface area contributed by atoms with E-state index in [4.69, 9.17) is 11.6 Å². The third kappa shape index (κ3) is 4.96. The number of aryl methyl sites for hydroxylation is 1. The normalized spacial score (nSPS) is 12.1. The molecule has 112 valence electrons. The fraction of sp³-hybridized carbons (Fsp3) is 0.643. The van der Waals surface area contributed by atoms with Crippen LogP contribution in [0.15, 0.2) is 0 Å². The van der Waals surface area contributed by atoms with Gasteiger partial charge in [0.1, 0.15) is 16.8 Å². The largest absolute Gasteiger partial charge is 0.369 e. The van der Waals surface area contributed by atoms with Crippen LogP contribution in [-0.2, 0) is 11.2 Å². The molecule has 1 aromatic rings. The summed E-state index contributed by atoms with van der Waals surface area (Å²) in [6.07, 6.45) is 2.07. The average Bonchev–Trinajstić information content (AvgIpc) is 2.42. The first-order valence-electron chi connectivity index (χ1n) is 7.04. The molecule has 1 amide bonds. The minimum absolute atomic E-state index is 0.0420. The Morgan fingerprint density at radius 1 is 1.35 bits per heavy atom. The van der Waals surface area contributed by atoms with Crippen molar-refractivity contribution in [1.29, 1.82) is 0 Å². The van der Waals surface area contributed by atoms with Gasteiger partial charge in [-0.05, 0) is 20.3 Å². The number of hydrogen-bond acceptors (Lipinski definition) is 4. The van der Waals surface area contributed by atoms with Crippen molar-refractivity contribution in [2.45, 2.75) is 53.0 Å². The molecule has 1 aromatic heterocycles. The highest BCUT2D eigenvalue weighted by atomic mass is 35.5. The number of nitrogens with one attached hydrogen (secondary N) is 2. The summed E-state index contributed by atoms with van der Waals surface area (Å²) in [5, 5.41) is 6.54. The average molecular weight is 299 g/mol. The number of halogens is 1. The number of carbonyl (C=O) groups is 1. The Bertz CT molecular complexity index is 465. The molecule has 0 aliphatic carbocycles. The van der Waals surface area contributed by atoms with E-state index in [1.54, 1.807) is 0 Å². The molecule has 1 unspecified atom stereocenters. The van der Waals surface area contributed by atoms with Gasteiger partial charge in [0.15, 0.2) is 0 Å². The second-order valence-corrected chi connectivity index (χ2v) is 5.17. The van der Waals surface area contributed by atoms with Gasteiger partial charge in [-0.3, -0.25) is 4.79 Å². The van der Waals surface area contributed by atoms with Crippen LogP contribution in [0.4, 0.5) is 5.82 Å². The zero-order chi connectivity index (χ0) is 15.1. The molecule has 1 rings (SSSR count). The maximum absolute atomic E-state index is 11.7. The first kappa shape index (κ1) is 16.7. The Labute approximate surface area is 125 Å². The summed E-state index contributed by atoms with van der Waals surface area (Å²) < 4.78 is 0. The van der Waals surface area contributed by atoms with Crippen molar-refractivity contribution in [2.24, 2.45) is 0 Å². The molecule has 0 aromatic carbocycles. The van der Waals surface area contributed by atoms with Gasteiger partial charge < -0.3 is 10.6 Å². The maximum Gasteiger partial charge on any atom is 0.221 e. The van der Waals surface area contributed by atoms with Crippen LogP contribution in [0, 0.1) is 6.92 Å². The number of aromatic nitrogens is 2. The van der Waals surface area contributed by atoms with Crippen molar-refractivity contribution in [2.75, 3.05) is 11.9 Å². The SMILES string of the molecule is CCc1nc(Cl)c(C)c(NCCC(=O)NC(C)CC)n1. The topological polar surface area (TPSA) is 66.9 Å². The zero-order valence-corrected chi connectivity index (χ0v) is 13.3. The Kier molecular flexibility index (Phi) is 6.71. The van der Waals surface area contributed by atoms with Crippen molar-refractivity contribution in [1.82, 2.24) is 15.3 Å². The molecule has 0 saturated carbocycles. The molecule has 0 bridgehead atoms. The van der Waals surface area contributed by atoms with Gasteiger partial charge in [0, 0.05) is 31.0 Å². The highest BCUT2D eigenvalue weighted by Crippen LogP contribution is 2.19. The number of carbonyl (C=O) groups excluding carboxylic acids is 1. The molecule has 2 N–H and O–H groups in total. The second kappa shape index (κ2) is 8.04. The molecule has 6 heteroatoms. The van der Waals surface area contributed by atoms with Gasteiger partial charge in [0.2, 0.25) is 5.91 Å². The maximum atomic E-state index is 11.7. The van der Waals surface area contributed by atoms with Crippen LogP contribution >= 0.6 is 11.6 Å². The highest BCUT2D eigenvalue weighted by molar-refractivity contribution is 6.30. The van der Waals surface area contributed by atoms with E-state index >= 15 is 0 Å².